The summed E-state index contributed by atoms with van der Waals surface area (Å²) in [5.41, 5.74) is 3.21. The third-order valence-corrected chi connectivity index (χ3v) is 3.89. The summed E-state index contributed by atoms with van der Waals surface area (Å²) >= 11 is 6.12. The van der Waals surface area contributed by atoms with Gasteiger partial charge < -0.3 is 9.14 Å². The van der Waals surface area contributed by atoms with Crippen LogP contribution in [0.25, 0.3) is 16.9 Å². The van der Waals surface area contributed by atoms with Crippen LogP contribution in [0.5, 0.6) is 5.75 Å². The number of halogens is 1. The van der Waals surface area contributed by atoms with E-state index in [1.807, 2.05) is 48.6 Å². The third kappa shape index (κ3) is 2.76. The molecule has 0 spiro atoms. The molecule has 116 valence electrons. The lowest BCUT2D eigenvalue weighted by molar-refractivity contribution is 0.341. The molecule has 23 heavy (non-hydrogen) atoms. The Morgan fingerprint density at radius 2 is 2.09 bits per heavy atom. The van der Waals surface area contributed by atoms with Crippen LogP contribution in [0.4, 0.5) is 0 Å². The molecule has 1 aromatic carbocycles. The second-order valence-electron chi connectivity index (χ2n) is 5.20. The molecular formula is C18H16ClN3O. The highest BCUT2D eigenvalue weighted by atomic mass is 35.5. The molecule has 0 aliphatic heterocycles. The lowest BCUT2D eigenvalue weighted by atomic mass is 10.0. The molecule has 0 amide bonds. The average molecular weight is 326 g/mol. The van der Waals surface area contributed by atoms with Crippen molar-refractivity contribution in [1.82, 2.24) is 9.38 Å². The van der Waals surface area contributed by atoms with E-state index in [4.69, 9.17) is 21.3 Å². The summed E-state index contributed by atoms with van der Waals surface area (Å²) < 4.78 is 7.60. The van der Waals surface area contributed by atoms with Gasteiger partial charge in [0.15, 0.2) is 0 Å². The Kier molecular flexibility index (Phi) is 4.22. The molecule has 1 atom stereocenters. The normalized spacial score (nSPS) is 12.1. The fraction of sp³-hybridized carbons (Fsp3) is 0.222. The van der Waals surface area contributed by atoms with Crippen LogP contribution >= 0.6 is 11.6 Å². The Balaban J connectivity index is 2.32. The maximum absolute atomic E-state index is 9.42. The van der Waals surface area contributed by atoms with E-state index < -0.39 is 0 Å². The number of nitrogens with zero attached hydrogens (tertiary/aromatic N) is 3. The van der Waals surface area contributed by atoms with E-state index in [1.165, 1.54) is 0 Å². The fourth-order valence-electron chi connectivity index (χ4n) is 2.65. The number of pyridine rings is 1. The van der Waals surface area contributed by atoms with E-state index >= 15 is 0 Å². The lowest BCUT2D eigenvalue weighted by Crippen LogP contribution is -2.00. The minimum absolute atomic E-state index is 0.326. The first-order valence-corrected chi connectivity index (χ1v) is 7.82. The van der Waals surface area contributed by atoms with Crippen molar-refractivity contribution >= 4 is 17.2 Å². The van der Waals surface area contributed by atoms with Gasteiger partial charge in [0, 0.05) is 11.8 Å². The SMILES string of the molecule is CCOc1ccccc1-c1nc2ccc(Cl)cn2c1C(C)C#N. The molecule has 3 aromatic rings. The van der Waals surface area contributed by atoms with Crippen LogP contribution in [0.2, 0.25) is 5.02 Å². The molecule has 0 saturated heterocycles. The van der Waals surface area contributed by atoms with Crippen LogP contribution < -0.4 is 4.74 Å². The van der Waals surface area contributed by atoms with Crippen LogP contribution in [0, 0.1) is 11.3 Å². The van der Waals surface area contributed by atoms with Gasteiger partial charge in [-0.3, -0.25) is 0 Å². The van der Waals surface area contributed by atoms with Crippen molar-refractivity contribution in [3.05, 3.63) is 53.3 Å². The van der Waals surface area contributed by atoms with Gasteiger partial charge in [0.1, 0.15) is 11.4 Å². The number of nitriles is 1. The van der Waals surface area contributed by atoms with E-state index in [0.29, 0.717) is 11.6 Å². The number of ether oxygens (including phenoxy) is 1. The zero-order chi connectivity index (χ0) is 16.4. The van der Waals surface area contributed by atoms with Crippen LogP contribution in [-0.4, -0.2) is 16.0 Å². The number of para-hydroxylation sites is 1. The number of aromatic nitrogens is 2. The summed E-state index contributed by atoms with van der Waals surface area (Å²) in [4.78, 5) is 4.71. The Morgan fingerprint density at radius 3 is 2.83 bits per heavy atom. The van der Waals surface area contributed by atoms with E-state index in [0.717, 1.165) is 28.3 Å². The van der Waals surface area contributed by atoms with Gasteiger partial charge in [-0.25, -0.2) is 4.98 Å². The topological polar surface area (TPSA) is 50.3 Å². The Morgan fingerprint density at radius 1 is 1.30 bits per heavy atom. The molecule has 0 aliphatic rings. The summed E-state index contributed by atoms with van der Waals surface area (Å²) in [6, 6.07) is 13.7. The van der Waals surface area contributed by atoms with Gasteiger partial charge in [0.2, 0.25) is 0 Å². The first-order chi connectivity index (χ1) is 11.2. The molecule has 0 fully saturated rings. The molecule has 5 heteroatoms. The largest absolute Gasteiger partial charge is 0.493 e. The molecule has 0 saturated carbocycles. The van der Waals surface area contributed by atoms with Crippen LogP contribution in [0.1, 0.15) is 25.5 Å². The van der Waals surface area contributed by atoms with Crippen molar-refractivity contribution in [2.45, 2.75) is 19.8 Å². The maximum Gasteiger partial charge on any atom is 0.137 e. The van der Waals surface area contributed by atoms with E-state index in [2.05, 4.69) is 6.07 Å². The van der Waals surface area contributed by atoms with Crippen molar-refractivity contribution in [1.29, 1.82) is 5.26 Å². The van der Waals surface area contributed by atoms with Gasteiger partial charge >= 0.3 is 0 Å². The van der Waals surface area contributed by atoms with Crippen molar-refractivity contribution in [2.75, 3.05) is 6.61 Å². The molecule has 0 bridgehead atoms. The zero-order valence-electron chi connectivity index (χ0n) is 13.0. The van der Waals surface area contributed by atoms with Gasteiger partial charge in [-0.15, -0.1) is 0 Å². The van der Waals surface area contributed by atoms with Crippen LogP contribution in [-0.2, 0) is 0 Å². The smallest absolute Gasteiger partial charge is 0.137 e. The number of benzene rings is 1. The quantitative estimate of drug-likeness (QED) is 0.699. The van der Waals surface area contributed by atoms with E-state index in [-0.39, 0.29) is 5.92 Å². The molecule has 2 heterocycles. The first kappa shape index (κ1) is 15.4. The average Bonchev–Trinajstić information content (AvgIpc) is 2.93. The monoisotopic (exact) mass is 325 g/mol. The third-order valence-electron chi connectivity index (χ3n) is 3.67. The van der Waals surface area contributed by atoms with Gasteiger partial charge in [-0.05, 0) is 38.1 Å². The molecule has 0 aliphatic carbocycles. The first-order valence-electron chi connectivity index (χ1n) is 7.45. The predicted molar refractivity (Wildman–Crippen MR) is 90.8 cm³/mol. The molecule has 2 aromatic heterocycles. The van der Waals surface area contributed by atoms with Crippen molar-refractivity contribution in [3.63, 3.8) is 0 Å². The molecule has 0 radical (unpaired) electrons. The number of rotatable bonds is 4. The molecule has 1 unspecified atom stereocenters. The summed E-state index contributed by atoms with van der Waals surface area (Å²) in [7, 11) is 0. The molecular weight excluding hydrogens is 310 g/mol. The standard InChI is InChI=1S/C18H16ClN3O/c1-3-23-15-7-5-4-6-14(15)17-18(12(2)10-20)22-11-13(19)8-9-16(22)21-17/h4-9,11-12H,3H2,1-2H3. The van der Waals surface area contributed by atoms with E-state index in [9.17, 15) is 5.26 Å². The number of hydrogen-bond acceptors (Lipinski definition) is 3. The lowest BCUT2D eigenvalue weighted by Gasteiger charge is -2.11. The predicted octanol–water partition coefficient (Wildman–Crippen LogP) is 4.68. The van der Waals surface area contributed by atoms with Crippen molar-refractivity contribution in [2.24, 2.45) is 0 Å². The fourth-order valence-corrected chi connectivity index (χ4v) is 2.81. The van der Waals surface area contributed by atoms with Gasteiger partial charge in [-0.1, -0.05) is 23.7 Å². The Hall–Kier alpha value is -2.51. The summed E-state index contributed by atoms with van der Waals surface area (Å²) in [6.07, 6.45) is 1.79. The summed E-state index contributed by atoms with van der Waals surface area (Å²) in [6.45, 7) is 4.37. The highest BCUT2D eigenvalue weighted by molar-refractivity contribution is 6.30. The highest BCUT2D eigenvalue weighted by Crippen LogP contribution is 2.35. The highest BCUT2D eigenvalue weighted by Gasteiger charge is 2.21. The van der Waals surface area contributed by atoms with E-state index in [1.54, 1.807) is 12.3 Å². The minimum Gasteiger partial charge on any atom is -0.493 e. The Labute approximate surface area is 139 Å². The van der Waals surface area contributed by atoms with Crippen LogP contribution in [0.15, 0.2) is 42.6 Å². The van der Waals surface area contributed by atoms with Gasteiger partial charge in [0.05, 0.1) is 35.0 Å². The Bertz CT molecular complexity index is 895. The molecule has 4 nitrogen and oxygen atoms in total. The summed E-state index contributed by atoms with van der Waals surface area (Å²) in [5.74, 6) is 0.434. The van der Waals surface area contributed by atoms with Gasteiger partial charge in [-0.2, -0.15) is 5.26 Å². The second kappa shape index (κ2) is 6.31. The molecule has 0 N–H and O–H groups in total. The number of fused-ring (bicyclic) bond motifs is 1. The van der Waals surface area contributed by atoms with Crippen molar-refractivity contribution in [3.8, 4) is 23.1 Å². The summed E-state index contributed by atoms with van der Waals surface area (Å²) in [5, 5.41) is 10.0. The number of imidazole rings is 1. The second-order valence-corrected chi connectivity index (χ2v) is 5.64. The minimum atomic E-state index is -0.326. The maximum atomic E-state index is 9.42. The van der Waals surface area contributed by atoms with Gasteiger partial charge in [0.25, 0.3) is 0 Å². The van der Waals surface area contributed by atoms with Crippen molar-refractivity contribution < 1.29 is 4.74 Å². The number of hydrogen-bond donors (Lipinski definition) is 0. The zero-order valence-corrected chi connectivity index (χ0v) is 13.7. The van der Waals surface area contributed by atoms with Crippen LogP contribution in [0.3, 0.4) is 0 Å². The molecule has 3 rings (SSSR count).